The van der Waals surface area contributed by atoms with Gasteiger partial charge in [0.25, 0.3) is 0 Å². The van der Waals surface area contributed by atoms with Crippen LogP contribution >= 0.6 is 11.3 Å². The summed E-state index contributed by atoms with van der Waals surface area (Å²) >= 11 is 1.39. The molecule has 4 heteroatoms. The van der Waals surface area contributed by atoms with Crippen molar-refractivity contribution < 1.29 is 9.53 Å². The Labute approximate surface area is 114 Å². The zero-order valence-electron chi connectivity index (χ0n) is 10.3. The van der Waals surface area contributed by atoms with Gasteiger partial charge in [0.05, 0.1) is 12.6 Å². The molecule has 3 nitrogen and oxygen atoms in total. The van der Waals surface area contributed by atoms with Gasteiger partial charge < -0.3 is 4.74 Å². The number of ketones is 1. The maximum Gasteiger partial charge on any atom is 0.207 e. The van der Waals surface area contributed by atoms with Crippen LogP contribution in [0.15, 0.2) is 48.0 Å². The third-order valence-electron chi connectivity index (χ3n) is 2.95. The molecule has 2 heterocycles. The summed E-state index contributed by atoms with van der Waals surface area (Å²) in [6, 6.07) is 11.1. The summed E-state index contributed by atoms with van der Waals surface area (Å²) < 4.78 is 5.21. The quantitative estimate of drug-likeness (QED) is 0.683. The number of thiophene rings is 1. The van der Waals surface area contributed by atoms with E-state index in [4.69, 9.17) is 4.74 Å². The topological polar surface area (TPSA) is 39.2 Å². The molecule has 2 aromatic heterocycles. The minimum absolute atomic E-state index is 0.0227. The Morgan fingerprint density at radius 1 is 1.21 bits per heavy atom. The minimum atomic E-state index is -0.0227. The number of hydrogen-bond donors (Lipinski definition) is 0. The van der Waals surface area contributed by atoms with Gasteiger partial charge in [-0.15, -0.1) is 11.3 Å². The van der Waals surface area contributed by atoms with Crippen molar-refractivity contribution in [2.45, 2.75) is 0 Å². The van der Waals surface area contributed by atoms with E-state index < -0.39 is 0 Å². The highest BCUT2D eigenvalue weighted by atomic mass is 32.1. The molecule has 0 fully saturated rings. The number of hydrogen-bond acceptors (Lipinski definition) is 4. The highest BCUT2D eigenvalue weighted by Gasteiger charge is 2.18. The van der Waals surface area contributed by atoms with Gasteiger partial charge in [-0.25, -0.2) is 0 Å². The number of benzene rings is 1. The monoisotopic (exact) mass is 269 g/mol. The van der Waals surface area contributed by atoms with Crippen LogP contribution in [0.1, 0.15) is 15.2 Å². The number of pyridine rings is 1. The predicted molar refractivity (Wildman–Crippen MR) is 76.0 cm³/mol. The summed E-state index contributed by atoms with van der Waals surface area (Å²) in [5.41, 5.74) is 1.48. The number of aromatic nitrogens is 1. The molecule has 0 bridgehead atoms. The van der Waals surface area contributed by atoms with Crippen molar-refractivity contribution in [3.05, 3.63) is 58.4 Å². The molecule has 0 atom stereocenters. The molecule has 19 heavy (non-hydrogen) atoms. The molecule has 0 aliphatic rings. The summed E-state index contributed by atoms with van der Waals surface area (Å²) in [6.07, 6.45) is 1.72. The SMILES string of the molecule is COc1ccsc1C(=O)c1cccc2ncccc12. The lowest BCUT2D eigenvalue weighted by atomic mass is 10.0. The standard InChI is InChI=1S/C15H11NO2S/c1-18-13-7-9-19-15(13)14(17)11-4-2-6-12-10(11)5-3-8-16-12/h2-9H,1H3. The summed E-state index contributed by atoms with van der Waals surface area (Å²) in [7, 11) is 1.57. The Kier molecular flexibility index (Phi) is 3.01. The fourth-order valence-corrected chi connectivity index (χ4v) is 2.86. The van der Waals surface area contributed by atoms with E-state index in [0.717, 1.165) is 10.9 Å². The molecule has 0 amide bonds. The molecule has 0 N–H and O–H groups in total. The summed E-state index contributed by atoms with van der Waals surface area (Å²) in [5.74, 6) is 0.598. The van der Waals surface area contributed by atoms with Gasteiger partial charge in [0.1, 0.15) is 10.6 Å². The Balaban J connectivity index is 2.17. The van der Waals surface area contributed by atoms with E-state index in [2.05, 4.69) is 4.98 Å². The normalized spacial score (nSPS) is 10.6. The second kappa shape index (κ2) is 4.82. The van der Waals surface area contributed by atoms with Crippen molar-refractivity contribution in [1.82, 2.24) is 4.98 Å². The second-order valence-electron chi connectivity index (χ2n) is 4.02. The third-order valence-corrected chi connectivity index (χ3v) is 3.84. The van der Waals surface area contributed by atoms with Gasteiger partial charge in [0.15, 0.2) is 0 Å². The maximum absolute atomic E-state index is 12.6. The third kappa shape index (κ3) is 2.00. The van der Waals surface area contributed by atoms with Gasteiger partial charge >= 0.3 is 0 Å². The van der Waals surface area contributed by atoms with Gasteiger partial charge in [0.2, 0.25) is 5.78 Å². The smallest absolute Gasteiger partial charge is 0.207 e. The minimum Gasteiger partial charge on any atom is -0.495 e. The van der Waals surface area contributed by atoms with E-state index in [0.29, 0.717) is 16.2 Å². The Bertz CT molecular complexity index is 743. The largest absolute Gasteiger partial charge is 0.495 e. The van der Waals surface area contributed by atoms with Crippen molar-refractivity contribution in [1.29, 1.82) is 0 Å². The van der Waals surface area contributed by atoms with E-state index in [-0.39, 0.29) is 5.78 Å². The average Bonchev–Trinajstić information content (AvgIpc) is 2.94. The summed E-state index contributed by atoms with van der Waals surface area (Å²) in [6.45, 7) is 0. The first kappa shape index (κ1) is 11.9. The van der Waals surface area contributed by atoms with Gasteiger partial charge in [-0.2, -0.15) is 0 Å². The molecule has 94 valence electrons. The molecular weight excluding hydrogens is 258 g/mol. The average molecular weight is 269 g/mol. The highest BCUT2D eigenvalue weighted by molar-refractivity contribution is 7.12. The van der Waals surface area contributed by atoms with Crippen molar-refractivity contribution >= 4 is 28.0 Å². The lowest BCUT2D eigenvalue weighted by Crippen LogP contribution is -2.02. The van der Waals surface area contributed by atoms with Crippen LogP contribution in [-0.4, -0.2) is 17.9 Å². The van der Waals surface area contributed by atoms with Crippen molar-refractivity contribution in [3.63, 3.8) is 0 Å². The predicted octanol–water partition coefficient (Wildman–Crippen LogP) is 3.54. The molecule has 3 aromatic rings. The fraction of sp³-hybridized carbons (Fsp3) is 0.0667. The number of rotatable bonds is 3. The van der Waals surface area contributed by atoms with Crippen LogP contribution in [0, 0.1) is 0 Å². The fourth-order valence-electron chi connectivity index (χ4n) is 2.05. The first-order valence-electron chi connectivity index (χ1n) is 5.81. The molecule has 0 radical (unpaired) electrons. The van der Waals surface area contributed by atoms with E-state index >= 15 is 0 Å². The summed E-state index contributed by atoms with van der Waals surface area (Å²) in [4.78, 5) is 17.5. The lowest BCUT2D eigenvalue weighted by Gasteiger charge is -2.05. The van der Waals surface area contributed by atoms with Crippen LogP contribution in [0.3, 0.4) is 0 Å². The molecule has 0 saturated heterocycles. The molecule has 0 spiro atoms. The first-order valence-corrected chi connectivity index (χ1v) is 6.69. The van der Waals surface area contributed by atoms with Crippen LogP contribution in [0.5, 0.6) is 5.75 Å². The molecule has 0 aliphatic heterocycles. The number of nitrogens with zero attached hydrogens (tertiary/aromatic N) is 1. The number of fused-ring (bicyclic) bond motifs is 1. The van der Waals surface area contributed by atoms with Crippen molar-refractivity contribution in [2.24, 2.45) is 0 Å². The molecule has 0 unspecified atom stereocenters. The van der Waals surface area contributed by atoms with Gasteiger partial charge in [-0.05, 0) is 23.6 Å². The zero-order chi connectivity index (χ0) is 13.2. The van der Waals surface area contributed by atoms with Crippen LogP contribution in [0.25, 0.3) is 10.9 Å². The highest BCUT2D eigenvalue weighted by Crippen LogP contribution is 2.29. The van der Waals surface area contributed by atoms with Crippen LogP contribution in [-0.2, 0) is 0 Å². The van der Waals surface area contributed by atoms with Crippen LogP contribution < -0.4 is 4.74 Å². The van der Waals surface area contributed by atoms with Crippen LogP contribution in [0.4, 0.5) is 0 Å². The first-order chi connectivity index (χ1) is 9.31. The summed E-state index contributed by atoms with van der Waals surface area (Å²) in [5, 5.41) is 2.72. The number of ether oxygens (including phenoxy) is 1. The number of carbonyl (C=O) groups is 1. The van der Waals surface area contributed by atoms with E-state index in [1.54, 1.807) is 19.4 Å². The Morgan fingerprint density at radius 2 is 2.11 bits per heavy atom. The van der Waals surface area contributed by atoms with E-state index in [9.17, 15) is 4.79 Å². The Morgan fingerprint density at radius 3 is 2.95 bits per heavy atom. The molecule has 0 saturated carbocycles. The van der Waals surface area contributed by atoms with Gasteiger partial charge in [0, 0.05) is 17.1 Å². The maximum atomic E-state index is 12.6. The molecule has 0 aliphatic carbocycles. The Hall–Kier alpha value is -2.20. The molecular formula is C15H11NO2S. The molecule has 3 rings (SSSR count). The van der Waals surface area contributed by atoms with Gasteiger partial charge in [-0.3, -0.25) is 9.78 Å². The number of methoxy groups -OCH3 is 1. The molecule has 1 aromatic carbocycles. The van der Waals surface area contributed by atoms with E-state index in [1.165, 1.54) is 11.3 Å². The lowest BCUT2D eigenvalue weighted by molar-refractivity contribution is 0.104. The second-order valence-corrected chi connectivity index (χ2v) is 4.94. The van der Waals surface area contributed by atoms with Crippen molar-refractivity contribution in [2.75, 3.05) is 7.11 Å². The zero-order valence-corrected chi connectivity index (χ0v) is 11.1. The van der Waals surface area contributed by atoms with Crippen LogP contribution in [0.2, 0.25) is 0 Å². The van der Waals surface area contributed by atoms with E-state index in [1.807, 2.05) is 35.7 Å². The van der Waals surface area contributed by atoms with Crippen molar-refractivity contribution in [3.8, 4) is 5.75 Å². The van der Waals surface area contributed by atoms with Gasteiger partial charge in [-0.1, -0.05) is 18.2 Å². The number of carbonyl (C=O) groups excluding carboxylic acids is 1.